The zero-order valence-electron chi connectivity index (χ0n) is 12.6. The highest BCUT2D eigenvalue weighted by Gasteiger charge is 2.27. The summed E-state index contributed by atoms with van der Waals surface area (Å²) in [6, 6.07) is 6.85. The summed E-state index contributed by atoms with van der Waals surface area (Å²) in [4.78, 5) is 23.8. The molecule has 0 spiro atoms. The van der Waals surface area contributed by atoms with E-state index in [0.717, 1.165) is 0 Å². The predicted octanol–water partition coefficient (Wildman–Crippen LogP) is 1.51. The fraction of sp³-hybridized carbons (Fsp3) is 0.400. The standard InChI is InChI=1S/C15H19N3O3/c1-9(13(19)21-4)12-10(8-16)6-5-7-11(12)18-14(20)15(2,3)17/h5-7,9H,17H2,1-4H3,(H,18,20). The van der Waals surface area contributed by atoms with E-state index in [1.165, 1.54) is 7.11 Å². The lowest BCUT2D eigenvalue weighted by Gasteiger charge is -2.21. The monoisotopic (exact) mass is 289 g/mol. The normalized spacial score (nSPS) is 12.2. The van der Waals surface area contributed by atoms with Gasteiger partial charge in [-0.2, -0.15) is 5.26 Å². The van der Waals surface area contributed by atoms with Crippen LogP contribution in [-0.4, -0.2) is 24.5 Å². The molecule has 0 aliphatic rings. The van der Waals surface area contributed by atoms with Gasteiger partial charge < -0.3 is 15.8 Å². The van der Waals surface area contributed by atoms with Gasteiger partial charge in [0.2, 0.25) is 5.91 Å². The van der Waals surface area contributed by atoms with Gasteiger partial charge in [0.25, 0.3) is 0 Å². The van der Waals surface area contributed by atoms with Crippen molar-refractivity contribution in [3.05, 3.63) is 29.3 Å². The van der Waals surface area contributed by atoms with Crippen molar-refractivity contribution in [2.75, 3.05) is 12.4 Å². The Morgan fingerprint density at radius 1 is 1.43 bits per heavy atom. The van der Waals surface area contributed by atoms with Gasteiger partial charge in [-0.1, -0.05) is 6.07 Å². The molecule has 1 amide bonds. The van der Waals surface area contributed by atoms with Gasteiger partial charge >= 0.3 is 5.97 Å². The third kappa shape index (κ3) is 3.80. The number of amides is 1. The van der Waals surface area contributed by atoms with Gasteiger partial charge in [0.15, 0.2) is 0 Å². The van der Waals surface area contributed by atoms with Crippen molar-refractivity contribution in [3.8, 4) is 6.07 Å². The minimum atomic E-state index is -1.07. The number of nitrogens with two attached hydrogens (primary N) is 1. The van der Waals surface area contributed by atoms with Crippen molar-refractivity contribution in [1.82, 2.24) is 0 Å². The summed E-state index contributed by atoms with van der Waals surface area (Å²) in [5.41, 5.74) is 5.78. The van der Waals surface area contributed by atoms with E-state index in [1.54, 1.807) is 39.0 Å². The quantitative estimate of drug-likeness (QED) is 0.817. The number of nitrogens with one attached hydrogen (secondary N) is 1. The number of methoxy groups -OCH3 is 1. The van der Waals surface area contributed by atoms with Gasteiger partial charge in [-0.25, -0.2) is 0 Å². The molecule has 112 valence electrons. The summed E-state index contributed by atoms with van der Waals surface area (Å²) in [7, 11) is 1.27. The van der Waals surface area contributed by atoms with Crippen LogP contribution in [0.1, 0.15) is 37.8 Å². The van der Waals surface area contributed by atoms with E-state index in [-0.39, 0.29) is 0 Å². The zero-order valence-corrected chi connectivity index (χ0v) is 12.6. The number of ether oxygens (including phenoxy) is 1. The first-order valence-corrected chi connectivity index (χ1v) is 6.43. The molecule has 0 radical (unpaired) electrons. The van der Waals surface area contributed by atoms with E-state index in [0.29, 0.717) is 16.8 Å². The Bertz CT molecular complexity index is 597. The maximum absolute atomic E-state index is 12.0. The number of benzene rings is 1. The van der Waals surface area contributed by atoms with Crippen LogP contribution in [0.3, 0.4) is 0 Å². The first-order chi connectivity index (χ1) is 9.72. The fourth-order valence-electron chi connectivity index (χ4n) is 1.82. The number of nitriles is 1. The van der Waals surface area contributed by atoms with Crippen LogP contribution in [0.4, 0.5) is 5.69 Å². The Hall–Kier alpha value is -2.39. The second-order valence-electron chi connectivity index (χ2n) is 5.30. The van der Waals surface area contributed by atoms with E-state index < -0.39 is 23.3 Å². The van der Waals surface area contributed by atoms with Crippen LogP contribution in [0.2, 0.25) is 0 Å². The summed E-state index contributed by atoms with van der Waals surface area (Å²) in [6.07, 6.45) is 0. The Labute approximate surface area is 123 Å². The van der Waals surface area contributed by atoms with E-state index in [1.807, 2.05) is 6.07 Å². The van der Waals surface area contributed by atoms with Crippen LogP contribution >= 0.6 is 0 Å². The van der Waals surface area contributed by atoms with E-state index >= 15 is 0 Å². The average molecular weight is 289 g/mol. The highest BCUT2D eigenvalue weighted by atomic mass is 16.5. The maximum atomic E-state index is 12.0. The number of rotatable bonds is 4. The van der Waals surface area contributed by atoms with Crippen molar-refractivity contribution in [2.24, 2.45) is 5.73 Å². The van der Waals surface area contributed by atoms with Crippen LogP contribution in [-0.2, 0) is 14.3 Å². The SMILES string of the molecule is COC(=O)C(C)c1c(C#N)cccc1NC(=O)C(C)(C)N. The van der Waals surface area contributed by atoms with E-state index in [4.69, 9.17) is 10.5 Å². The lowest BCUT2D eigenvalue weighted by atomic mass is 9.93. The number of anilines is 1. The zero-order chi connectivity index (χ0) is 16.2. The molecule has 0 aliphatic heterocycles. The molecule has 6 nitrogen and oxygen atoms in total. The molecule has 0 bridgehead atoms. The number of carbonyl (C=O) groups excluding carboxylic acids is 2. The molecule has 0 aliphatic carbocycles. The number of nitrogens with zero attached hydrogens (tertiary/aromatic N) is 1. The molecule has 1 aromatic rings. The van der Waals surface area contributed by atoms with E-state index in [9.17, 15) is 14.9 Å². The lowest BCUT2D eigenvalue weighted by Crippen LogP contribution is -2.45. The highest BCUT2D eigenvalue weighted by Crippen LogP contribution is 2.29. The predicted molar refractivity (Wildman–Crippen MR) is 78.5 cm³/mol. The maximum Gasteiger partial charge on any atom is 0.312 e. The van der Waals surface area contributed by atoms with Gasteiger partial charge in [-0.15, -0.1) is 0 Å². The smallest absolute Gasteiger partial charge is 0.312 e. The molecule has 0 aromatic heterocycles. The largest absolute Gasteiger partial charge is 0.469 e. The molecule has 0 saturated heterocycles. The number of carbonyl (C=O) groups is 2. The molecule has 0 saturated carbocycles. The van der Waals surface area contributed by atoms with Gasteiger partial charge in [-0.05, 0) is 32.9 Å². The van der Waals surface area contributed by atoms with Crippen LogP contribution in [0, 0.1) is 11.3 Å². The molecule has 0 fully saturated rings. The Kier molecular flexibility index (Phi) is 5.06. The minimum Gasteiger partial charge on any atom is -0.469 e. The minimum absolute atomic E-state index is 0.306. The van der Waals surface area contributed by atoms with Crippen molar-refractivity contribution < 1.29 is 14.3 Å². The summed E-state index contributed by atoms with van der Waals surface area (Å²) in [6.45, 7) is 4.75. The lowest BCUT2D eigenvalue weighted by molar-refractivity contribution is -0.142. The number of hydrogen-bond acceptors (Lipinski definition) is 5. The molecule has 0 heterocycles. The molecular weight excluding hydrogens is 270 g/mol. The Morgan fingerprint density at radius 2 is 2.05 bits per heavy atom. The average Bonchev–Trinajstić information content (AvgIpc) is 2.44. The van der Waals surface area contributed by atoms with Crippen LogP contribution in [0.5, 0.6) is 0 Å². The van der Waals surface area contributed by atoms with Crippen molar-refractivity contribution in [1.29, 1.82) is 5.26 Å². The van der Waals surface area contributed by atoms with Crippen LogP contribution in [0.15, 0.2) is 18.2 Å². The summed E-state index contributed by atoms with van der Waals surface area (Å²) < 4.78 is 4.71. The first kappa shape index (κ1) is 16.7. The highest BCUT2D eigenvalue weighted by molar-refractivity contribution is 5.99. The Morgan fingerprint density at radius 3 is 2.52 bits per heavy atom. The molecule has 3 N–H and O–H groups in total. The van der Waals surface area contributed by atoms with Gasteiger partial charge in [-0.3, -0.25) is 9.59 Å². The molecular formula is C15H19N3O3. The van der Waals surface area contributed by atoms with E-state index in [2.05, 4.69) is 5.32 Å². The molecule has 1 aromatic carbocycles. The second-order valence-corrected chi connectivity index (χ2v) is 5.30. The van der Waals surface area contributed by atoms with Crippen molar-refractivity contribution in [3.63, 3.8) is 0 Å². The molecule has 1 atom stereocenters. The fourth-order valence-corrected chi connectivity index (χ4v) is 1.82. The molecule has 21 heavy (non-hydrogen) atoms. The Balaban J connectivity index is 3.31. The summed E-state index contributed by atoms with van der Waals surface area (Å²) in [5, 5.41) is 11.9. The van der Waals surface area contributed by atoms with Gasteiger partial charge in [0.05, 0.1) is 30.2 Å². The number of hydrogen-bond donors (Lipinski definition) is 2. The topological polar surface area (TPSA) is 105 Å². The van der Waals surface area contributed by atoms with Crippen LogP contribution < -0.4 is 11.1 Å². The van der Waals surface area contributed by atoms with Crippen molar-refractivity contribution >= 4 is 17.6 Å². The van der Waals surface area contributed by atoms with Gasteiger partial charge in [0, 0.05) is 11.3 Å². The van der Waals surface area contributed by atoms with Crippen LogP contribution in [0.25, 0.3) is 0 Å². The summed E-state index contributed by atoms with van der Waals surface area (Å²) >= 11 is 0. The third-order valence-electron chi connectivity index (χ3n) is 3.05. The van der Waals surface area contributed by atoms with Crippen molar-refractivity contribution in [2.45, 2.75) is 32.2 Å². The molecule has 6 heteroatoms. The molecule has 1 rings (SSSR count). The summed E-state index contributed by atoms with van der Waals surface area (Å²) in [5.74, 6) is -1.57. The third-order valence-corrected chi connectivity index (χ3v) is 3.05. The number of esters is 1. The molecule has 1 unspecified atom stereocenters. The first-order valence-electron chi connectivity index (χ1n) is 6.43. The second kappa shape index (κ2) is 6.37. The van der Waals surface area contributed by atoms with Gasteiger partial charge in [0.1, 0.15) is 0 Å².